The van der Waals surface area contributed by atoms with E-state index in [0.29, 0.717) is 0 Å². The molecular formula is C38H48IrNO2-. The molecule has 1 radical (unpaired) electrons. The van der Waals surface area contributed by atoms with Crippen LogP contribution < -0.4 is 0 Å². The zero-order valence-corrected chi connectivity index (χ0v) is 28.4. The van der Waals surface area contributed by atoms with Gasteiger partial charge in [0.25, 0.3) is 0 Å². The van der Waals surface area contributed by atoms with Crippen LogP contribution in [0.1, 0.15) is 109 Å². The summed E-state index contributed by atoms with van der Waals surface area (Å²) in [5, 5.41) is 10.1. The van der Waals surface area contributed by atoms with Crippen LogP contribution in [0.4, 0.5) is 0 Å². The Kier molecular flexibility index (Phi) is 7.57. The number of carbonyl (C=O) groups excluding carboxylic acids is 1. The maximum Gasteiger partial charge on any atom is 0.164 e. The Morgan fingerprint density at radius 1 is 0.857 bits per heavy atom. The number of para-hydroxylation sites is 1. The smallest absolute Gasteiger partial charge is 0.164 e. The third kappa shape index (κ3) is 7.97. The summed E-state index contributed by atoms with van der Waals surface area (Å²) in [4.78, 5) is 16.5. The number of fused-ring (bicyclic) bond motifs is 2. The van der Waals surface area contributed by atoms with Crippen LogP contribution in [0.5, 0.6) is 0 Å². The molecule has 0 aliphatic carbocycles. The number of ketones is 1. The van der Waals surface area contributed by atoms with E-state index in [9.17, 15) is 9.90 Å². The number of carbonyl (C=O) groups is 1. The monoisotopic (exact) mass is 754 g/mol. The number of aliphatic hydroxyl groups excluding tert-OH is 1. The first-order valence-corrected chi connectivity index (χ1v) is 14.2. The second kappa shape index (κ2) is 14.6. The molecular weight excluding hydrogens is 695 g/mol. The van der Waals surface area contributed by atoms with Crippen molar-refractivity contribution in [3.63, 3.8) is 0 Å². The average Bonchev–Trinajstić information content (AvgIpc) is 3.10. The van der Waals surface area contributed by atoms with Gasteiger partial charge in [-0.15, -0.1) is 29.1 Å². The van der Waals surface area contributed by atoms with Gasteiger partial charge in [-0.3, -0.25) is 9.78 Å². The van der Waals surface area contributed by atoms with Crippen LogP contribution >= 0.6 is 0 Å². The number of aromatic nitrogens is 1. The van der Waals surface area contributed by atoms with Gasteiger partial charge in [-0.05, 0) is 42.5 Å². The molecule has 0 bridgehead atoms. The Labute approximate surface area is 282 Å². The molecule has 0 saturated heterocycles. The molecule has 0 atom stereocenters. The summed E-state index contributed by atoms with van der Waals surface area (Å²) >= 11 is 0. The van der Waals surface area contributed by atoms with Crippen LogP contribution in [0.25, 0.3) is 32.9 Å². The van der Waals surface area contributed by atoms with E-state index in [2.05, 4.69) is 11.1 Å². The summed E-state index contributed by atoms with van der Waals surface area (Å²) in [5.41, 5.74) is -1.61. The first kappa shape index (κ1) is 21.8. The fourth-order valence-electron chi connectivity index (χ4n) is 4.16. The Morgan fingerprint density at radius 2 is 1.43 bits per heavy atom. The molecule has 42 heavy (non-hydrogen) atoms. The Bertz CT molecular complexity index is 2100. The van der Waals surface area contributed by atoms with E-state index >= 15 is 0 Å². The molecule has 227 valence electrons. The van der Waals surface area contributed by atoms with Crippen LogP contribution in [0.15, 0.2) is 78.3 Å². The molecule has 0 aliphatic heterocycles. The van der Waals surface area contributed by atoms with Gasteiger partial charge in [-0.1, -0.05) is 122 Å². The molecule has 1 N–H and O–H groups in total. The predicted molar refractivity (Wildman–Crippen MR) is 175 cm³/mol. The van der Waals surface area contributed by atoms with Crippen molar-refractivity contribution in [2.75, 3.05) is 0 Å². The Morgan fingerprint density at radius 3 is 2.02 bits per heavy atom. The van der Waals surface area contributed by atoms with Crippen molar-refractivity contribution >= 4 is 27.5 Å². The standard InChI is InChI=1S/C23H20N.C15H28O2.Ir/c1-23(2,3)20-15-18(14-17-9-4-6-10-19(17)20)22-13-12-16-8-5-7-11-21(16)24-22;1-7-14(5,8-2)12(16)11-13(17)15(6,9-3)10-4;/h4-13,15H,1-3H3;11,16H,7-10H2,1-6H3;/q-1;;/b;12-11-;/i4D,5D,6D,7D,8D,9D,10D,11D,12D,13D,15D;;. The van der Waals surface area contributed by atoms with E-state index in [1.807, 2.05) is 41.5 Å². The first-order chi connectivity index (χ1) is 23.9. The van der Waals surface area contributed by atoms with Gasteiger partial charge in [0.15, 0.2) is 5.78 Å². The summed E-state index contributed by atoms with van der Waals surface area (Å²) in [5.74, 6) is 0.286. The summed E-state index contributed by atoms with van der Waals surface area (Å²) in [6.45, 7) is 17.4. The van der Waals surface area contributed by atoms with Crippen molar-refractivity contribution in [1.82, 2.24) is 4.98 Å². The summed E-state index contributed by atoms with van der Waals surface area (Å²) in [6.07, 6.45) is 4.75. The summed E-state index contributed by atoms with van der Waals surface area (Å²) in [7, 11) is 0. The first-order valence-electron chi connectivity index (χ1n) is 19.7. The van der Waals surface area contributed by atoms with Crippen LogP contribution in [0, 0.1) is 16.9 Å². The SMILES string of the molecule is CCC(C)(CC)C(=O)/C=C(\O)C(C)(CC)CC.[2H]c1c([2H])c([2H])c2c(C(C)(C)C)c([2H])c(-c3nc4c([2H])c([2H])c([2H])c([2H])c4c([2H])c3[2H])[c-]c2c1[2H].[Ir]. The minimum absolute atomic E-state index is 0. The second-order valence-electron chi connectivity index (χ2n) is 11.9. The third-order valence-electron chi connectivity index (χ3n) is 8.22. The maximum absolute atomic E-state index is 12.2. The van der Waals surface area contributed by atoms with Gasteiger partial charge in [0.05, 0.1) is 17.9 Å². The Hall–Kier alpha value is -2.81. The van der Waals surface area contributed by atoms with Crippen LogP contribution in [0.3, 0.4) is 0 Å². The van der Waals surface area contributed by atoms with Crippen LogP contribution in [-0.2, 0) is 30.3 Å². The molecule has 0 saturated carbocycles. The van der Waals surface area contributed by atoms with Gasteiger partial charge in [0, 0.05) is 45.4 Å². The van der Waals surface area contributed by atoms with Gasteiger partial charge < -0.3 is 5.11 Å². The molecule has 1 heterocycles. The number of hydrogen-bond donors (Lipinski definition) is 1. The zero-order chi connectivity index (χ0) is 40.0. The van der Waals surface area contributed by atoms with Crippen molar-refractivity contribution in [2.45, 2.75) is 93.4 Å². The van der Waals surface area contributed by atoms with E-state index in [1.54, 1.807) is 20.8 Å². The molecule has 0 aliphatic rings. The van der Waals surface area contributed by atoms with E-state index in [-0.39, 0.29) is 99.1 Å². The van der Waals surface area contributed by atoms with E-state index in [4.69, 9.17) is 15.1 Å². The van der Waals surface area contributed by atoms with E-state index in [0.717, 1.165) is 25.7 Å². The van der Waals surface area contributed by atoms with Crippen LogP contribution in [0.2, 0.25) is 0 Å². The fourth-order valence-corrected chi connectivity index (χ4v) is 4.16. The minimum atomic E-state index is -0.760. The second-order valence-corrected chi connectivity index (χ2v) is 11.9. The van der Waals surface area contributed by atoms with Gasteiger partial charge in [0.2, 0.25) is 0 Å². The predicted octanol–water partition coefficient (Wildman–Crippen LogP) is 10.8. The van der Waals surface area contributed by atoms with E-state index < -0.39 is 53.8 Å². The quantitative estimate of drug-likeness (QED) is 0.111. The van der Waals surface area contributed by atoms with Crippen molar-refractivity contribution in [2.24, 2.45) is 10.8 Å². The normalized spacial score (nSPS) is 16.1. The number of allylic oxidation sites excluding steroid dienone is 2. The van der Waals surface area contributed by atoms with Gasteiger partial charge >= 0.3 is 0 Å². The number of rotatable bonds is 8. The molecule has 0 amide bonds. The van der Waals surface area contributed by atoms with Crippen molar-refractivity contribution in [1.29, 1.82) is 0 Å². The number of pyridine rings is 1. The number of hydrogen-bond acceptors (Lipinski definition) is 3. The van der Waals surface area contributed by atoms with Gasteiger partial charge in [-0.25, -0.2) is 0 Å². The van der Waals surface area contributed by atoms with Crippen molar-refractivity contribution in [3.05, 3.63) is 89.9 Å². The molecule has 3 aromatic carbocycles. The molecule has 0 unspecified atom stereocenters. The summed E-state index contributed by atoms with van der Waals surface area (Å²) < 4.78 is 91.2. The molecule has 1 aromatic heterocycles. The zero-order valence-electron chi connectivity index (χ0n) is 37.0. The number of benzene rings is 3. The topological polar surface area (TPSA) is 50.2 Å². The maximum atomic E-state index is 12.2. The largest absolute Gasteiger partial charge is 0.512 e. The molecule has 0 spiro atoms. The van der Waals surface area contributed by atoms with E-state index in [1.165, 1.54) is 6.08 Å². The number of nitrogens with zero attached hydrogens (tertiary/aromatic N) is 1. The molecule has 3 nitrogen and oxygen atoms in total. The Balaban J connectivity index is 0.000000460. The van der Waals surface area contributed by atoms with Crippen molar-refractivity contribution < 1.29 is 45.1 Å². The minimum Gasteiger partial charge on any atom is -0.512 e. The molecule has 0 fully saturated rings. The molecule has 4 rings (SSSR count). The number of aliphatic hydroxyl groups is 1. The van der Waals surface area contributed by atoms with Gasteiger partial charge in [0.1, 0.15) is 5.76 Å². The van der Waals surface area contributed by atoms with Crippen LogP contribution in [-0.4, -0.2) is 15.9 Å². The summed E-state index contributed by atoms with van der Waals surface area (Å²) in [6, 6.07) is -1.98. The van der Waals surface area contributed by atoms with Crippen molar-refractivity contribution in [3.8, 4) is 11.3 Å². The fraction of sp³-hybridized carbons (Fsp3) is 0.421. The average molecular weight is 754 g/mol. The molecule has 4 heteroatoms. The third-order valence-corrected chi connectivity index (χ3v) is 8.22. The van der Waals surface area contributed by atoms with Gasteiger partial charge in [-0.2, -0.15) is 0 Å². The molecule has 4 aromatic rings.